The number of nitrogens with zero attached hydrogens (tertiary/aromatic N) is 2. The van der Waals surface area contributed by atoms with Gasteiger partial charge in [0.1, 0.15) is 5.75 Å². The molecule has 0 fully saturated rings. The fourth-order valence-corrected chi connectivity index (χ4v) is 7.66. The van der Waals surface area contributed by atoms with Crippen LogP contribution in [0.1, 0.15) is 116 Å². The molecule has 2 heterocycles. The van der Waals surface area contributed by atoms with Gasteiger partial charge >= 0.3 is 0 Å². The van der Waals surface area contributed by atoms with Crippen LogP contribution in [-0.2, 0) is 26.5 Å². The van der Waals surface area contributed by atoms with Gasteiger partial charge in [0.2, 0.25) is 0 Å². The molecule has 0 saturated carbocycles. The normalized spacial score (nSPS) is 13.0. The maximum Gasteiger partial charge on any atom is 0.298 e. The number of carbonyl (C=O) groups is 2. The van der Waals surface area contributed by atoms with Crippen LogP contribution in [0, 0.1) is 0 Å². The smallest absolute Gasteiger partial charge is 0.298 e. The van der Waals surface area contributed by atoms with Gasteiger partial charge in [0.25, 0.3) is 6.47 Å². The molecule has 6 heteroatoms. The molecule has 7 aromatic rings. The Bertz CT molecular complexity index is 2520. The lowest BCUT2D eigenvalue weighted by Gasteiger charge is -2.22. The van der Waals surface area contributed by atoms with E-state index in [4.69, 9.17) is 4.74 Å². The van der Waals surface area contributed by atoms with Gasteiger partial charge in [-0.2, -0.15) is 0 Å². The molecule has 0 bridgehead atoms. The zero-order valence-corrected chi connectivity index (χ0v) is 33.7. The van der Waals surface area contributed by atoms with E-state index in [1.54, 1.807) is 12.1 Å². The van der Waals surface area contributed by atoms with Crippen LogP contribution in [0.5, 0.6) is 5.75 Å². The summed E-state index contributed by atoms with van der Waals surface area (Å²) in [6.07, 6.45) is 0. The third-order valence-corrected chi connectivity index (χ3v) is 10.9. The highest BCUT2D eigenvalue weighted by atomic mass is 16.5. The number of carboxylic acids is 1. The maximum absolute atomic E-state index is 12.8. The number of ether oxygens (including phenoxy) is 1. The van der Waals surface area contributed by atoms with Crippen molar-refractivity contribution in [2.75, 3.05) is 0 Å². The third kappa shape index (κ3) is 6.15. The lowest BCUT2D eigenvalue weighted by atomic mass is 9.85. The summed E-state index contributed by atoms with van der Waals surface area (Å²) in [5.74, 6) is -1.51. The topological polar surface area (TPSA) is 76.3 Å². The van der Waals surface area contributed by atoms with Crippen LogP contribution in [0.25, 0.3) is 55.0 Å². The molecule has 0 aliphatic heterocycles. The van der Waals surface area contributed by atoms with Crippen molar-refractivity contribution in [3.8, 4) is 17.1 Å². The number of aromatic carboxylic acids is 1. The lowest BCUT2D eigenvalue weighted by Crippen LogP contribution is -2.24. The zero-order valence-electron chi connectivity index (χ0n) is 33.7. The second kappa shape index (κ2) is 12.3. The minimum Gasteiger partial charge on any atom is -0.545 e. The van der Waals surface area contributed by atoms with Crippen LogP contribution < -0.4 is 9.84 Å². The molecular formula is C48H51N2O4-. The molecule has 2 aromatic heterocycles. The molecule has 0 saturated heterocycles. The van der Waals surface area contributed by atoms with Crippen LogP contribution in [0.3, 0.4) is 0 Å². The quantitative estimate of drug-likeness (QED) is 0.166. The van der Waals surface area contributed by atoms with Crippen molar-refractivity contribution < 1.29 is 19.4 Å². The Morgan fingerprint density at radius 3 is 1.06 bits per heavy atom. The van der Waals surface area contributed by atoms with Crippen molar-refractivity contribution in [1.29, 1.82) is 0 Å². The number of carboxylic acid groups (broad SMARTS) is 1. The third-order valence-electron chi connectivity index (χ3n) is 10.9. The van der Waals surface area contributed by atoms with Crippen LogP contribution in [0.2, 0.25) is 0 Å². The van der Waals surface area contributed by atoms with E-state index in [1.165, 1.54) is 22.3 Å². The number of aromatic nitrogens is 2. The molecule has 0 aliphatic rings. The number of rotatable bonds is 5. The number of hydrogen-bond acceptors (Lipinski definition) is 4. The van der Waals surface area contributed by atoms with Gasteiger partial charge in [-0.15, -0.1) is 0 Å². The summed E-state index contributed by atoms with van der Waals surface area (Å²) in [5, 5.41) is 17.1. The van der Waals surface area contributed by atoms with Gasteiger partial charge in [-0.05, 0) is 98.5 Å². The Morgan fingerprint density at radius 2 is 0.796 bits per heavy atom. The average Bonchev–Trinajstić information content (AvgIpc) is 3.58. The molecule has 0 N–H and O–H groups in total. The van der Waals surface area contributed by atoms with Crippen molar-refractivity contribution in [3.63, 3.8) is 0 Å². The van der Waals surface area contributed by atoms with Gasteiger partial charge < -0.3 is 23.8 Å². The Balaban J connectivity index is 1.69. The largest absolute Gasteiger partial charge is 0.545 e. The molecule has 6 nitrogen and oxygen atoms in total. The Labute approximate surface area is 318 Å². The van der Waals surface area contributed by atoms with E-state index in [0.29, 0.717) is 11.4 Å². The Kier molecular flexibility index (Phi) is 8.45. The maximum atomic E-state index is 12.8. The van der Waals surface area contributed by atoms with Crippen LogP contribution in [-0.4, -0.2) is 21.6 Å². The molecule has 7 rings (SSSR count). The van der Waals surface area contributed by atoms with Gasteiger partial charge in [-0.1, -0.05) is 107 Å². The van der Waals surface area contributed by atoms with Gasteiger partial charge in [0, 0.05) is 33.2 Å². The number of carbonyl (C=O) groups excluding carboxylic acids is 2. The molecule has 0 aliphatic carbocycles. The summed E-state index contributed by atoms with van der Waals surface area (Å²) in [6, 6.07) is 29.6. The standard InChI is InChI=1S/C48H52N2O4/c1-45(2,3)28-13-17-37-32(21-28)33-22-29(46(4,5)6)14-18-38(33)49(37)41-25-36(44(52)53)43(54-27-51)26-42(41)50-39-19-15-30(47(7,8)9)23-34(39)35-24-31(48(10,11)12)16-20-40(35)50/h13-27H,1-12H3,(H,52,53)/p-1. The zero-order chi connectivity index (χ0) is 39.3. The van der Waals surface area contributed by atoms with Crippen molar-refractivity contribution in [1.82, 2.24) is 9.13 Å². The van der Waals surface area contributed by atoms with Crippen LogP contribution in [0.4, 0.5) is 0 Å². The van der Waals surface area contributed by atoms with E-state index in [2.05, 4.69) is 165 Å². The molecule has 5 aromatic carbocycles. The molecule has 0 spiro atoms. The fraction of sp³-hybridized carbons (Fsp3) is 0.333. The van der Waals surface area contributed by atoms with E-state index in [-0.39, 0.29) is 39.4 Å². The Hall–Kier alpha value is -5.36. The predicted molar refractivity (Wildman–Crippen MR) is 221 cm³/mol. The van der Waals surface area contributed by atoms with Crippen LogP contribution in [0.15, 0.2) is 84.9 Å². The summed E-state index contributed by atoms with van der Waals surface area (Å²) in [4.78, 5) is 24.7. The van der Waals surface area contributed by atoms with E-state index in [9.17, 15) is 14.7 Å². The highest BCUT2D eigenvalue weighted by Crippen LogP contribution is 2.43. The van der Waals surface area contributed by atoms with E-state index in [1.807, 2.05) is 0 Å². The van der Waals surface area contributed by atoms with E-state index >= 15 is 0 Å². The molecule has 0 amide bonds. The second-order valence-electron chi connectivity index (χ2n) is 18.9. The monoisotopic (exact) mass is 719 g/mol. The number of hydrogen-bond donors (Lipinski definition) is 0. The summed E-state index contributed by atoms with van der Waals surface area (Å²) >= 11 is 0. The summed E-state index contributed by atoms with van der Waals surface area (Å²) < 4.78 is 9.75. The van der Waals surface area contributed by atoms with Gasteiger partial charge in [0.15, 0.2) is 0 Å². The molecule has 278 valence electrons. The SMILES string of the molecule is CC(C)(C)c1ccc2c(c1)c1cc(C(C)(C)C)ccc1n2-c1cc(OC=O)c(C(=O)[O-])cc1-n1c2ccc(C(C)(C)C)cc2c2cc(C(C)(C)C)ccc21. The summed E-state index contributed by atoms with van der Waals surface area (Å²) in [5.41, 5.74) is 9.32. The molecule has 0 atom stereocenters. The minimum atomic E-state index is -1.43. The van der Waals surface area contributed by atoms with Crippen molar-refractivity contribution in [2.24, 2.45) is 0 Å². The second-order valence-corrected chi connectivity index (χ2v) is 18.9. The first-order valence-electron chi connectivity index (χ1n) is 18.8. The average molecular weight is 720 g/mol. The fourth-order valence-electron chi connectivity index (χ4n) is 7.66. The summed E-state index contributed by atoms with van der Waals surface area (Å²) in [6.45, 7) is 26.8. The highest BCUT2D eigenvalue weighted by Gasteiger charge is 2.27. The molecular weight excluding hydrogens is 669 g/mol. The first-order valence-corrected chi connectivity index (χ1v) is 18.8. The number of fused-ring (bicyclic) bond motifs is 6. The summed E-state index contributed by atoms with van der Waals surface area (Å²) in [7, 11) is 0. The number of benzene rings is 5. The minimum absolute atomic E-state index is 0.0813. The Morgan fingerprint density at radius 1 is 0.500 bits per heavy atom. The van der Waals surface area contributed by atoms with Gasteiger partial charge in [-0.25, -0.2) is 0 Å². The van der Waals surface area contributed by atoms with Gasteiger partial charge in [-0.3, -0.25) is 4.79 Å². The van der Waals surface area contributed by atoms with Crippen molar-refractivity contribution in [2.45, 2.75) is 105 Å². The first kappa shape index (κ1) is 37.0. The van der Waals surface area contributed by atoms with E-state index < -0.39 is 5.97 Å². The van der Waals surface area contributed by atoms with Gasteiger partial charge in [0.05, 0.1) is 39.4 Å². The predicted octanol–water partition coefficient (Wildman–Crippen LogP) is 11.0. The molecule has 0 radical (unpaired) electrons. The molecule has 0 unspecified atom stereocenters. The van der Waals surface area contributed by atoms with E-state index in [0.717, 1.165) is 43.6 Å². The first-order chi connectivity index (χ1) is 25.1. The lowest BCUT2D eigenvalue weighted by molar-refractivity contribution is -0.255. The van der Waals surface area contributed by atoms with Crippen molar-refractivity contribution in [3.05, 3.63) is 113 Å². The highest BCUT2D eigenvalue weighted by molar-refractivity contribution is 6.12. The van der Waals surface area contributed by atoms with Crippen LogP contribution >= 0.6 is 0 Å². The molecule has 54 heavy (non-hydrogen) atoms. The van der Waals surface area contributed by atoms with Crippen molar-refractivity contribution >= 4 is 56.1 Å².